The van der Waals surface area contributed by atoms with Gasteiger partial charge in [0.25, 0.3) is 0 Å². The molecule has 35 heavy (non-hydrogen) atoms. The first kappa shape index (κ1) is 24.5. The summed E-state index contributed by atoms with van der Waals surface area (Å²) in [4.78, 5) is 23.0. The van der Waals surface area contributed by atoms with Crippen LogP contribution in [0.25, 0.3) is 5.69 Å². The fourth-order valence-electron chi connectivity index (χ4n) is 4.39. The van der Waals surface area contributed by atoms with Gasteiger partial charge in [0.1, 0.15) is 23.0 Å². The van der Waals surface area contributed by atoms with E-state index in [-0.39, 0.29) is 11.7 Å². The van der Waals surface area contributed by atoms with Crippen LogP contribution in [-0.2, 0) is 11.3 Å². The molecule has 0 radical (unpaired) electrons. The second-order valence-corrected chi connectivity index (χ2v) is 8.26. The lowest BCUT2D eigenvalue weighted by Crippen LogP contribution is -2.43. The average molecular weight is 480 g/mol. The molecule has 1 aliphatic rings. The molecule has 4 rings (SSSR count). The largest absolute Gasteiger partial charge is 0.492 e. The zero-order chi connectivity index (χ0) is 24.6. The van der Waals surface area contributed by atoms with E-state index in [1.54, 1.807) is 6.20 Å². The Kier molecular flexibility index (Phi) is 8.20. The molecule has 1 fully saturated rings. The van der Waals surface area contributed by atoms with Crippen LogP contribution in [0.5, 0.6) is 11.5 Å². The Bertz CT molecular complexity index is 1070. The van der Waals surface area contributed by atoms with Crippen molar-refractivity contribution in [3.05, 3.63) is 60.3 Å². The number of aromatic nitrogens is 3. The SMILES string of the molecule is CCOc1cc(CN(c2cnc(C(=O)OC)cn2)C2CCNCC2)cc(OCC)c1-n1cccc1. The molecule has 1 saturated heterocycles. The van der Waals surface area contributed by atoms with Gasteiger partial charge in [-0.1, -0.05) is 0 Å². The van der Waals surface area contributed by atoms with Crippen LogP contribution in [-0.4, -0.2) is 60.0 Å². The van der Waals surface area contributed by atoms with Crippen molar-refractivity contribution in [3.63, 3.8) is 0 Å². The highest BCUT2D eigenvalue weighted by atomic mass is 16.5. The van der Waals surface area contributed by atoms with Crippen molar-refractivity contribution >= 4 is 11.8 Å². The molecule has 0 unspecified atom stereocenters. The molecule has 1 aliphatic heterocycles. The summed E-state index contributed by atoms with van der Waals surface area (Å²) in [5.41, 5.74) is 2.12. The Labute approximate surface area is 206 Å². The molecule has 0 aliphatic carbocycles. The molecule has 9 heteroatoms. The summed E-state index contributed by atoms with van der Waals surface area (Å²) in [5.74, 6) is 1.75. The summed E-state index contributed by atoms with van der Waals surface area (Å²) in [6.07, 6.45) is 9.06. The Morgan fingerprint density at radius 2 is 1.71 bits per heavy atom. The van der Waals surface area contributed by atoms with Gasteiger partial charge in [0.15, 0.2) is 5.69 Å². The molecule has 1 aromatic carbocycles. The summed E-state index contributed by atoms with van der Waals surface area (Å²) in [6.45, 7) is 7.52. The number of piperidine rings is 1. The van der Waals surface area contributed by atoms with Crippen LogP contribution in [0.2, 0.25) is 0 Å². The van der Waals surface area contributed by atoms with E-state index in [1.807, 2.05) is 42.9 Å². The summed E-state index contributed by atoms with van der Waals surface area (Å²) < 4.78 is 18.9. The first-order valence-electron chi connectivity index (χ1n) is 12.1. The van der Waals surface area contributed by atoms with E-state index in [0.717, 1.165) is 54.5 Å². The average Bonchev–Trinajstić information content (AvgIpc) is 3.42. The van der Waals surface area contributed by atoms with Crippen molar-refractivity contribution < 1.29 is 19.0 Å². The molecule has 3 aromatic rings. The van der Waals surface area contributed by atoms with Gasteiger partial charge in [-0.25, -0.2) is 14.8 Å². The molecular formula is C26H33N5O4. The number of hydrogen-bond donors (Lipinski definition) is 1. The lowest BCUT2D eigenvalue weighted by Gasteiger charge is -2.35. The van der Waals surface area contributed by atoms with E-state index < -0.39 is 5.97 Å². The second kappa shape index (κ2) is 11.7. The van der Waals surface area contributed by atoms with Gasteiger partial charge < -0.3 is 29.0 Å². The number of nitrogens with zero attached hydrogens (tertiary/aromatic N) is 4. The van der Waals surface area contributed by atoms with Crippen molar-refractivity contribution in [1.82, 2.24) is 19.9 Å². The number of hydrogen-bond acceptors (Lipinski definition) is 8. The van der Waals surface area contributed by atoms with E-state index in [2.05, 4.69) is 32.3 Å². The maximum Gasteiger partial charge on any atom is 0.358 e. The Balaban J connectivity index is 1.72. The van der Waals surface area contributed by atoms with Crippen LogP contribution in [0.4, 0.5) is 5.82 Å². The van der Waals surface area contributed by atoms with Crippen molar-refractivity contribution in [1.29, 1.82) is 0 Å². The maximum absolute atomic E-state index is 11.8. The third kappa shape index (κ3) is 5.74. The predicted molar refractivity (Wildman–Crippen MR) is 134 cm³/mol. The van der Waals surface area contributed by atoms with Crippen molar-refractivity contribution in [2.45, 2.75) is 39.3 Å². The number of benzene rings is 1. The van der Waals surface area contributed by atoms with Crippen LogP contribution in [0.1, 0.15) is 42.7 Å². The Hall–Kier alpha value is -3.59. The van der Waals surface area contributed by atoms with E-state index in [0.29, 0.717) is 19.8 Å². The minimum absolute atomic E-state index is 0.190. The number of anilines is 1. The summed E-state index contributed by atoms with van der Waals surface area (Å²) in [7, 11) is 1.34. The van der Waals surface area contributed by atoms with Gasteiger partial charge in [-0.15, -0.1) is 0 Å². The van der Waals surface area contributed by atoms with E-state index >= 15 is 0 Å². The maximum atomic E-state index is 11.8. The Morgan fingerprint density at radius 3 is 2.26 bits per heavy atom. The van der Waals surface area contributed by atoms with Gasteiger partial charge in [0.2, 0.25) is 0 Å². The normalized spacial score (nSPS) is 13.9. The molecule has 1 N–H and O–H groups in total. The number of ether oxygens (including phenoxy) is 3. The Morgan fingerprint density at radius 1 is 1.06 bits per heavy atom. The molecular weight excluding hydrogens is 446 g/mol. The quantitative estimate of drug-likeness (QED) is 0.441. The summed E-state index contributed by atoms with van der Waals surface area (Å²) >= 11 is 0. The van der Waals surface area contributed by atoms with Crippen LogP contribution in [0.3, 0.4) is 0 Å². The summed E-state index contributed by atoms with van der Waals surface area (Å²) in [6, 6.07) is 8.39. The molecule has 0 amide bonds. The fraction of sp³-hybridized carbons (Fsp3) is 0.423. The monoisotopic (exact) mass is 479 g/mol. The lowest BCUT2D eigenvalue weighted by atomic mass is 10.0. The summed E-state index contributed by atoms with van der Waals surface area (Å²) in [5, 5.41) is 3.42. The number of carbonyl (C=O) groups excluding carboxylic acids is 1. The van der Waals surface area contributed by atoms with Gasteiger partial charge in [-0.05, 0) is 69.6 Å². The molecule has 0 saturated carbocycles. The number of carbonyl (C=O) groups is 1. The number of rotatable bonds is 10. The minimum atomic E-state index is -0.499. The number of nitrogens with one attached hydrogen (secondary N) is 1. The lowest BCUT2D eigenvalue weighted by molar-refractivity contribution is 0.0593. The first-order valence-corrected chi connectivity index (χ1v) is 12.1. The van der Waals surface area contributed by atoms with Crippen LogP contribution < -0.4 is 19.7 Å². The van der Waals surface area contributed by atoms with E-state index in [1.165, 1.54) is 13.3 Å². The number of methoxy groups -OCH3 is 1. The van der Waals surface area contributed by atoms with Crippen molar-refractivity contribution in [3.8, 4) is 17.2 Å². The van der Waals surface area contributed by atoms with Gasteiger partial charge in [0, 0.05) is 25.0 Å². The van der Waals surface area contributed by atoms with Crippen molar-refractivity contribution in [2.24, 2.45) is 0 Å². The smallest absolute Gasteiger partial charge is 0.358 e. The minimum Gasteiger partial charge on any atom is -0.492 e. The van der Waals surface area contributed by atoms with Crippen LogP contribution >= 0.6 is 0 Å². The standard InChI is InChI=1S/C26H33N5O4/c1-4-34-22-14-19(15-23(35-5-2)25(22)30-12-6-7-13-30)18-31(20-8-10-27-11-9-20)24-17-28-21(16-29-24)26(32)33-3/h6-7,12-17,20,27H,4-5,8-11,18H2,1-3H3. The molecule has 0 spiro atoms. The van der Waals surface area contributed by atoms with Gasteiger partial charge in [0.05, 0.1) is 32.7 Å². The fourth-order valence-corrected chi connectivity index (χ4v) is 4.39. The van der Waals surface area contributed by atoms with E-state index in [9.17, 15) is 4.79 Å². The topological polar surface area (TPSA) is 90.7 Å². The van der Waals surface area contributed by atoms with Gasteiger partial charge in [-0.3, -0.25) is 0 Å². The highest BCUT2D eigenvalue weighted by Crippen LogP contribution is 2.36. The second-order valence-electron chi connectivity index (χ2n) is 8.26. The zero-order valence-electron chi connectivity index (χ0n) is 20.6. The third-order valence-corrected chi connectivity index (χ3v) is 5.99. The molecule has 2 aromatic heterocycles. The third-order valence-electron chi connectivity index (χ3n) is 5.99. The molecule has 186 valence electrons. The molecule has 3 heterocycles. The molecule has 0 atom stereocenters. The first-order chi connectivity index (χ1) is 17.1. The van der Waals surface area contributed by atoms with Gasteiger partial charge in [-0.2, -0.15) is 0 Å². The molecule has 0 bridgehead atoms. The van der Waals surface area contributed by atoms with Crippen LogP contribution in [0.15, 0.2) is 49.1 Å². The van der Waals surface area contributed by atoms with Gasteiger partial charge >= 0.3 is 5.97 Å². The van der Waals surface area contributed by atoms with E-state index in [4.69, 9.17) is 14.2 Å². The number of esters is 1. The predicted octanol–water partition coefficient (Wildman–Crippen LogP) is 3.61. The highest BCUT2D eigenvalue weighted by Gasteiger charge is 2.25. The van der Waals surface area contributed by atoms with Crippen molar-refractivity contribution in [2.75, 3.05) is 38.3 Å². The molecule has 9 nitrogen and oxygen atoms in total. The van der Waals surface area contributed by atoms with Crippen LogP contribution in [0, 0.1) is 0 Å². The zero-order valence-corrected chi connectivity index (χ0v) is 20.6. The highest BCUT2D eigenvalue weighted by molar-refractivity contribution is 5.86.